The quantitative estimate of drug-likeness (QED) is 0.836. The van der Waals surface area contributed by atoms with Crippen LogP contribution in [0.1, 0.15) is 50.1 Å². The highest BCUT2D eigenvalue weighted by Gasteiger charge is 2.28. The third-order valence-corrected chi connectivity index (χ3v) is 4.32. The Morgan fingerprint density at radius 1 is 1.14 bits per heavy atom. The monoisotopic (exact) mass is 309 g/mol. The number of benzene rings is 1. The summed E-state index contributed by atoms with van der Waals surface area (Å²) in [4.78, 5) is 23.8. The van der Waals surface area contributed by atoms with Crippen molar-refractivity contribution >= 4 is 23.5 Å². The van der Waals surface area contributed by atoms with E-state index in [2.05, 4.69) is 5.32 Å². The molecule has 1 amide bonds. The van der Waals surface area contributed by atoms with Crippen LogP contribution in [0.15, 0.2) is 24.3 Å². The van der Waals surface area contributed by atoms with Gasteiger partial charge in [0.05, 0.1) is 0 Å². The first-order valence-electron chi connectivity index (χ1n) is 7.37. The molecule has 1 saturated carbocycles. The third-order valence-electron chi connectivity index (χ3n) is 3.98. The Morgan fingerprint density at radius 2 is 1.76 bits per heavy atom. The van der Waals surface area contributed by atoms with Crippen LogP contribution in [0.5, 0.6) is 0 Å². The van der Waals surface area contributed by atoms with E-state index >= 15 is 0 Å². The van der Waals surface area contributed by atoms with Gasteiger partial charge in [-0.25, -0.2) is 4.79 Å². The molecule has 1 aliphatic rings. The highest BCUT2D eigenvalue weighted by Crippen LogP contribution is 2.26. The van der Waals surface area contributed by atoms with E-state index in [0.717, 1.165) is 38.5 Å². The molecule has 0 spiro atoms. The van der Waals surface area contributed by atoms with E-state index in [-0.39, 0.29) is 11.8 Å². The summed E-state index contributed by atoms with van der Waals surface area (Å²) < 4.78 is 0. The van der Waals surface area contributed by atoms with Gasteiger partial charge in [-0.3, -0.25) is 4.79 Å². The van der Waals surface area contributed by atoms with Gasteiger partial charge in [-0.2, -0.15) is 0 Å². The Balaban J connectivity index is 2.11. The van der Waals surface area contributed by atoms with Crippen molar-refractivity contribution in [3.05, 3.63) is 34.9 Å². The lowest BCUT2D eigenvalue weighted by Crippen LogP contribution is -2.37. The van der Waals surface area contributed by atoms with Gasteiger partial charge in [0.2, 0.25) is 5.91 Å². The van der Waals surface area contributed by atoms with Crippen LogP contribution in [0.2, 0.25) is 5.02 Å². The number of carboxylic acids is 1. The predicted molar refractivity (Wildman–Crippen MR) is 81.2 cm³/mol. The van der Waals surface area contributed by atoms with Crippen molar-refractivity contribution in [3.8, 4) is 0 Å². The van der Waals surface area contributed by atoms with E-state index in [4.69, 9.17) is 11.6 Å². The molecule has 0 radical (unpaired) electrons. The molecular weight excluding hydrogens is 290 g/mol. The smallest absolute Gasteiger partial charge is 0.330 e. The van der Waals surface area contributed by atoms with Crippen LogP contribution in [-0.4, -0.2) is 17.0 Å². The Labute approximate surface area is 129 Å². The van der Waals surface area contributed by atoms with Crippen LogP contribution in [0.4, 0.5) is 0 Å². The topological polar surface area (TPSA) is 66.4 Å². The van der Waals surface area contributed by atoms with Gasteiger partial charge in [-0.05, 0) is 18.9 Å². The molecule has 21 heavy (non-hydrogen) atoms. The molecule has 0 saturated heterocycles. The van der Waals surface area contributed by atoms with E-state index in [1.165, 1.54) is 0 Å². The number of halogens is 1. The van der Waals surface area contributed by atoms with E-state index in [9.17, 15) is 14.7 Å². The fourth-order valence-corrected chi connectivity index (χ4v) is 3.03. The number of hydrogen-bond donors (Lipinski definition) is 2. The van der Waals surface area contributed by atoms with Crippen LogP contribution in [0.25, 0.3) is 0 Å². The van der Waals surface area contributed by atoms with Gasteiger partial charge in [-0.15, -0.1) is 0 Å². The zero-order chi connectivity index (χ0) is 15.2. The summed E-state index contributed by atoms with van der Waals surface area (Å²) in [6.45, 7) is 0. The van der Waals surface area contributed by atoms with Crippen molar-refractivity contribution in [3.63, 3.8) is 0 Å². The number of amides is 1. The molecule has 5 heteroatoms. The minimum absolute atomic E-state index is 0.0863. The average Bonchev–Trinajstić information content (AvgIpc) is 2.74. The molecule has 0 unspecified atom stereocenters. The van der Waals surface area contributed by atoms with Crippen molar-refractivity contribution in [1.29, 1.82) is 0 Å². The van der Waals surface area contributed by atoms with E-state index in [1.54, 1.807) is 24.3 Å². The standard InChI is InChI=1S/C16H20ClNO3/c17-13-10-6-5-9-12(13)14(16(20)21)18-15(19)11-7-3-1-2-4-8-11/h5-6,9-11,14H,1-4,7-8H2,(H,18,19)(H,20,21)/t14-/m1/s1. The SMILES string of the molecule is O=C(N[C@@H](C(=O)O)c1ccccc1Cl)C1CCCCCC1. The van der Waals surface area contributed by atoms with Crippen molar-refractivity contribution in [1.82, 2.24) is 5.32 Å². The maximum Gasteiger partial charge on any atom is 0.330 e. The number of carbonyl (C=O) groups is 2. The normalized spacial score (nSPS) is 17.8. The van der Waals surface area contributed by atoms with Crippen LogP contribution < -0.4 is 5.32 Å². The number of hydrogen-bond acceptors (Lipinski definition) is 2. The predicted octanol–water partition coefficient (Wildman–Crippen LogP) is 3.55. The Kier molecular flexibility index (Phi) is 5.62. The molecule has 114 valence electrons. The molecule has 0 bridgehead atoms. The second-order valence-corrected chi connectivity index (χ2v) is 5.90. The molecule has 1 aliphatic carbocycles. The summed E-state index contributed by atoms with van der Waals surface area (Å²) in [6, 6.07) is 5.63. The van der Waals surface area contributed by atoms with Crippen molar-refractivity contribution < 1.29 is 14.7 Å². The van der Waals surface area contributed by atoms with Crippen molar-refractivity contribution in [2.75, 3.05) is 0 Å². The maximum absolute atomic E-state index is 12.3. The Bertz CT molecular complexity index is 510. The van der Waals surface area contributed by atoms with Gasteiger partial charge in [-0.1, -0.05) is 55.5 Å². The summed E-state index contributed by atoms with van der Waals surface area (Å²) in [5.41, 5.74) is 0.425. The second-order valence-electron chi connectivity index (χ2n) is 5.49. The summed E-state index contributed by atoms with van der Waals surface area (Å²) in [6.07, 6.45) is 6.03. The second kappa shape index (κ2) is 7.46. The maximum atomic E-state index is 12.3. The first-order chi connectivity index (χ1) is 10.1. The number of nitrogens with one attached hydrogen (secondary N) is 1. The highest BCUT2D eigenvalue weighted by atomic mass is 35.5. The number of carboxylic acid groups (broad SMARTS) is 1. The minimum Gasteiger partial charge on any atom is -0.479 e. The Morgan fingerprint density at radius 3 is 2.33 bits per heavy atom. The third kappa shape index (κ3) is 4.21. The average molecular weight is 310 g/mol. The van der Waals surface area contributed by atoms with Crippen LogP contribution in [0.3, 0.4) is 0 Å². The molecule has 0 heterocycles. The summed E-state index contributed by atoms with van der Waals surface area (Å²) in [5, 5.41) is 12.4. The van der Waals surface area contributed by atoms with E-state index in [0.29, 0.717) is 10.6 Å². The fourth-order valence-electron chi connectivity index (χ4n) is 2.78. The molecule has 1 atom stereocenters. The number of rotatable bonds is 4. The zero-order valence-electron chi connectivity index (χ0n) is 11.8. The lowest BCUT2D eigenvalue weighted by molar-refractivity contribution is -0.142. The number of carbonyl (C=O) groups excluding carboxylic acids is 1. The van der Waals surface area contributed by atoms with Crippen LogP contribution >= 0.6 is 11.6 Å². The molecular formula is C16H20ClNO3. The van der Waals surface area contributed by atoms with Gasteiger partial charge >= 0.3 is 5.97 Å². The molecule has 0 aromatic heterocycles. The highest BCUT2D eigenvalue weighted by molar-refractivity contribution is 6.31. The molecule has 1 aromatic carbocycles. The molecule has 1 aromatic rings. The van der Waals surface area contributed by atoms with Gasteiger partial charge in [0.25, 0.3) is 0 Å². The zero-order valence-corrected chi connectivity index (χ0v) is 12.6. The molecule has 2 N–H and O–H groups in total. The molecule has 0 aliphatic heterocycles. The van der Waals surface area contributed by atoms with Gasteiger partial charge in [0, 0.05) is 16.5 Å². The lowest BCUT2D eigenvalue weighted by atomic mass is 9.98. The summed E-state index contributed by atoms with van der Waals surface area (Å²) in [5.74, 6) is -1.36. The fraction of sp³-hybridized carbons (Fsp3) is 0.500. The van der Waals surface area contributed by atoms with Gasteiger partial charge < -0.3 is 10.4 Å². The Hall–Kier alpha value is -1.55. The van der Waals surface area contributed by atoms with Crippen LogP contribution in [-0.2, 0) is 9.59 Å². The summed E-state index contributed by atoms with van der Waals surface area (Å²) in [7, 11) is 0. The van der Waals surface area contributed by atoms with Gasteiger partial charge in [0.15, 0.2) is 6.04 Å². The largest absolute Gasteiger partial charge is 0.479 e. The molecule has 2 rings (SSSR count). The summed E-state index contributed by atoms with van der Waals surface area (Å²) >= 11 is 6.04. The lowest BCUT2D eigenvalue weighted by Gasteiger charge is -2.20. The van der Waals surface area contributed by atoms with Crippen molar-refractivity contribution in [2.45, 2.75) is 44.6 Å². The minimum atomic E-state index is -1.09. The van der Waals surface area contributed by atoms with Crippen molar-refractivity contribution in [2.24, 2.45) is 5.92 Å². The first-order valence-corrected chi connectivity index (χ1v) is 7.75. The number of aliphatic carboxylic acids is 1. The van der Waals surface area contributed by atoms with Gasteiger partial charge in [0.1, 0.15) is 0 Å². The first kappa shape index (κ1) is 15.8. The molecule has 4 nitrogen and oxygen atoms in total. The van der Waals surface area contributed by atoms with Crippen LogP contribution in [0, 0.1) is 5.92 Å². The van der Waals surface area contributed by atoms with E-state index in [1.807, 2.05) is 0 Å². The van der Waals surface area contributed by atoms with E-state index < -0.39 is 12.0 Å². The molecule has 1 fully saturated rings.